The molecule has 190 valence electrons. The summed E-state index contributed by atoms with van der Waals surface area (Å²) in [5, 5.41) is 11.3. The van der Waals surface area contributed by atoms with E-state index in [2.05, 4.69) is 69.4 Å². The van der Waals surface area contributed by atoms with Crippen LogP contribution in [0.25, 0.3) is 11.1 Å². The van der Waals surface area contributed by atoms with Crippen molar-refractivity contribution in [2.24, 2.45) is 5.92 Å². The summed E-state index contributed by atoms with van der Waals surface area (Å²) in [7, 11) is 0. The molecule has 0 aliphatic carbocycles. The zero-order chi connectivity index (χ0) is 26.1. The van der Waals surface area contributed by atoms with E-state index < -0.39 is 5.97 Å². The van der Waals surface area contributed by atoms with Crippen LogP contribution in [0.5, 0.6) is 5.75 Å². The van der Waals surface area contributed by atoms with Gasteiger partial charge in [-0.3, -0.25) is 9.59 Å². The summed E-state index contributed by atoms with van der Waals surface area (Å²) in [6, 6.07) is 20.5. The van der Waals surface area contributed by atoms with E-state index in [4.69, 9.17) is 9.84 Å². The van der Waals surface area contributed by atoms with Gasteiger partial charge in [-0.05, 0) is 96.7 Å². The zero-order valence-corrected chi connectivity index (χ0v) is 21.8. The minimum absolute atomic E-state index is 0.0834. The van der Waals surface area contributed by atoms with Crippen molar-refractivity contribution in [2.75, 3.05) is 13.2 Å². The number of amides is 1. The second-order valence-electron chi connectivity index (χ2n) is 9.53. The smallest absolute Gasteiger partial charge is 0.305 e. The molecule has 5 nitrogen and oxygen atoms in total. The van der Waals surface area contributed by atoms with Gasteiger partial charge in [0, 0.05) is 12.1 Å². The highest BCUT2D eigenvalue weighted by atomic mass is 16.5. The summed E-state index contributed by atoms with van der Waals surface area (Å²) in [5.74, 6) is 0.109. The van der Waals surface area contributed by atoms with Gasteiger partial charge in [0.15, 0.2) is 0 Å². The maximum absolute atomic E-state index is 12.1. The molecule has 0 aliphatic heterocycles. The van der Waals surface area contributed by atoms with Gasteiger partial charge in [-0.15, -0.1) is 0 Å². The predicted molar refractivity (Wildman–Crippen MR) is 145 cm³/mol. The van der Waals surface area contributed by atoms with Gasteiger partial charge in [-0.25, -0.2) is 0 Å². The summed E-state index contributed by atoms with van der Waals surface area (Å²) < 4.78 is 6.16. The molecule has 0 aliphatic rings. The zero-order valence-electron chi connectivity index (χ0n) is 21.8. The lowest BCUT2D eigenvalue weighted by Crippen LogP contribution is -2.25. The average molecular weight is 488 g/mol. The van der Waals surface area contributed by atoms with E-state index in [-0.39, 0.29) is 18.9 Å². The molecule has 0 spiro atoms. The number of nitrogens with one attached hydrogen (secondary N) is 1. The van der Waals surface area contributed by atoms with Gasteiger partial charge in [-0.1, -0.05) is 50.2 Å². The number of aryl methyl sites for hydroxylation is 4. The second kappa shape index (κ2) is 12.9. The van der Waals surface area contributed by atoms with E-state index in [9.17, 15) is 9.59 Å². The first kappa shape index (κ1) is 27.0. The Kier molecular flexibility index (Phi) is 9.69. The second-order valence-corrected chi connectivity index (χ2v) is 9.53. The highest BCUT2D eigenvalue weighted by molar-refractivity contribution is 5.94. The van der Waals surface area contributed by atoms with Gasteiger partial charge in [0.05, 0.1) is 13.0 Å². The third-order valence-corrected chi connectivity index (χ3v) is 6.46. The fourth-order valence-corrected chi connectivity index (χ4v) is 4.31. The summed E-state index contributed by atoms with van der Waals surface area (Å²) >= 11 is 0. The highest BCUT2D eigenvalue weighted by Gasteiger charge is 2.11. The van der Waals surface area contributed by atoms with Crippen molar-refractivity contribution >= 4 is 11.9 Å². The molecule has 0 bridgehead atoms. The Hall–Kier alpha value is -3.60. The fourth-order valence-electron chi connectivity index (χ4n) is 4.31. The molecule has 0 saturated heterocycles. The van der Waals surface area contributed by atoms with Crippen LogP contribution in [0.1, 0.15) is 59.3 Å². The van der Waals surface area contributed by atoms with Gasteiger partial charge in [-0.2, -0.15) is 0 Å². The van der Waals surface area contributed by atoms with Crippen LogP contribution in [0.15, 0.2) is 60.7 Å². The minimum atomic E-state index is -0.927. The Morgan fingerprint density at radius 1 is 0.944 bits per heavy atom. The molecule has 3 aromatic rings. The van der Waals surface area contributed by atoms with Crippen LogP contribution >= 0.6 is 0 Å². The summed E-state index contributed by atoms with van der Waals surface area (Å²) in [6.07, 6.45) is 2.84. The highest BCUT2D eigenvalue weighted by Crippen LogP contribution is 2.31. The van der Waals surface area contributed by atoms with Crippen LogP contribution in [0, 0.1) is 19.8 Å². The van der Waals surface area contributed by atoms with Crippen LogP contribution in [0.3, 0.4) is 0 Å². The Balaban J connectivity index is 1.49. The van der Waals surface area contributed by atoms with Gasteiger partial charge in [0.2, 0.25) is 0 Å². The van der Waals surface area contributed by atoms with Gasteiger partial charge in [0.25, 0.3) is 5.91 Å². The number of aliphatic carboxylic acids is 1. The number of carboxylic acids is 1. The van der Waals surface area contributed by atoms with E-state index in [1.54, 1.807) is 12.1 Å². The number of carbonyl (C=O) groups is 2. The van der Waals surface area contributed by atoms with Crippen molar-refractivity contribution in [1.82, 2.24) is 5.32 Å². The lowest BCUT2D eigenvalue weighted by molar-refractivity contribution is -0.136. The van der Waals surface area contributed by atoms with Gasteiger partial charge in [0.1, 0.15) is 5.75 Å². The maximum atomic E-state index is 12.1. The van der Waals surface area contributed by atoms with Crippen molar-refractivity contribution in [1.29, 1.82) is 0 Å². The van der Waals surface area contributed by atoms with Crippen LogP contribution in [0.2, 0.25) is 0 Å². The van der Waals surface area contributed by atoms with Gasteiger partial charge < -0.3 is 15.2 Å². The first-order valence-electron chi connectivity index (χ1n) is 12.7. The molecular formula is C31H37NO4. The van der Waals surface area contributed by atoms with Crippen LogP contribution < -0.4 is 10.1 Å². The number of hydrogen-bond acceptors (Lipinski definition) is 3. The molecule has 0 fully saturated rings. The fraction of sp³-hybridized carbons (Fsp3) is 0.355. The SMILES string of the molecule is CCc1ccc(-c2c(C)cc(OCC(C)CCc3ccc(C(=O)NCCC(=O)O)cc3)cc2C)cc1. The standard InChI is InChI=1S/C31H37NO4/c1-5-24-8-12-26(13-9-24)30-22(3)18-28(19-23(30)4)36-20-21(2)6-7-25-10-14-27(15-11-25)31(35)32-17-16-29(33)34/h8-15,18-19,21H,5-7,16-17,20H2,1-4H3,(H,32,35)(H,33,34). The molecule has 2 N–H and O–H groups in total. The first-order valence-corrected chi connectivity index (χ1v) is 12.7. The number of carboxylic acid groups (broad SMARTS) is 1. The number of rotatable bonds is 12. The van der Waals surface area contributed by atoms with Crippen molar-refractivity contribution in [3.8, 4) is 16.9 Å². The predicted octanol–water partition coefficient (Wildman–Crippen LogP) is 6.39. The number of benzene rings is 3. The van der Waals surface area contributed by atoms with Crippen molar-refractivity contribution in [3.05, 3.63) is 88.5 Å². The number of carbonyl (C=O) groups excluding carboxylic acids is 1. The molecule has 1 atom stereocenters. The summed E-state index contributed by atoms with van der Waals surface area (Å²) in [5.41, 5.74) is 7.99. The molecule has 0 aromatic heterocycles. The molecule has 3 rings (SSSR count). The maximum Gasteiger partial charge on any atom is 0.305 e. The quantitative estimate of drug-likeness (QED) is 0.311. The average Bonchev–Trinajstić information content (AvgIpc) is 2.86. The Morgan fingerprint density at radius 2 is 1.56 bits per heavy atom. The third-order valence-electron chi connectivity index (χ3n) is 6.46. The lowest BCUT2D eigenvalue weighted by atomic mass is 9.94. The summed E-state index contributed by atoms with van der Waals surface area (Å²) in [6.45, 7) is 9.41. The van der Waals surface area contributed by atoms with Crippen LogP contribution in [0.4, 0.5) is 0 Å². The first-order chi connectivity index (χ1) is 17.3. The number of ether oxygens (including phenoxy) is 1. The normalized spacial score (nSPS) is 11.7. The molecule has 0 radical (unpaired) electrons. The van der Waals surface area contributed by atoms with Crippen LogP contribution in [-0.2, 0) is 17.6 Å². The molecule has 0 saturated carbocycles. The topological polar surface area (TPSA) is 75.6 Å². The molecule has 1 amide bonds. The third kappa shape index (κ3) is 7.70. The van der Waals surface area contributed by atoms with Crippen LogP contribution in [-0.4, -0.2) is 30.1 Å². The molecule has 0 heterocycles. The van der Waals surface area contributed by atoms with E-state index in [0.29, 0.717) is 18.1 Å². The van der Waals surface area contributed by atoms with Crippen molar-refractivity contribution in [2.45, 2.75) is 53.4 Å². The molecule has 5 heteroatoms. The van der Waals surface area contributed by atoms with E-state index in [1.165, 1.54) is 27.8 Å². The van der Waals surface area contributed by atoms with E-state index in [0.717, 1.165) is 30.6 Å². The monoisotopic (exact) mass is 487 g/mol. The Morgan fingerprint density at radius 3 is 2.14 bits per heavy atom. The molecular weight excluding hydrogens is 450 g/mol. The largest absolute Gasteiger partial charge is 0.493 e. The van der Waals surface area contributed by atoms with Crippen molar-refractivity contribution in [3.63, 3.8) is 0 Å². The van der Waals surface area contributed by atoms with E-state index in [1.807, 2.05) is 12.1 Å². The molecule has 1 unspecified atom stereocenters. The minimum Gasteiger partial charge on any atom is -0.493 e. The summed E-state index contributed by atoms with van der Waals surface area (Å²) in [4.78, 5) is 22.6. The number of hydrogen-bond donors (Lipinski definition) is 2. The van der Waals surface area contributed by atoms with Crippen molar-refractivity contribution < 1.29 is 19.4 Å². The van der Waals surface area contributed by atoms with Gasteiger partial charge >= 0.3 is 5.97 Å². The Labute approximate surface area is 214 Å². The molecule has 3 aromatic carbocycles. The Bertz CT molecular complexity index is 1140. The lowest BCUT2D eigenvalue weighted by Gasteiger charge is -2.17. The molecule has 36 heavy (non-hydrogen) atoms. The van der Waals surface area contributed by atoms with E-state index >= 15 is 0 Å².